The summed E-state index contributed by atoms with van der Waals surface area (Å²) in [5, 5.41) is 0. The van der Waals surface area contributed by atoms with Gasteiger partial charge in [-0.2, -0.15) is 0 Å². The van der Waals surface area contributed by atoms with Crippen molar-refractivity contribution in [2.75, 3.05) is 13.2 Å². The molecule has 0 heterocycles. The highest BCUT2D eigenvalue weighted by Gasteiger charge is 2.06. The lowest BCUT2D eigenvalue weighted by molar-refractivity contribution is 0.233. The summed E-state index contributed by atoms with van der Waals surface area (Å²) in [7, 11) is 0. The molecule has 2 aromatic rings. The molecule has 0 aromatic heterocycles. The van der Waals surface area contributed by atoms with Crippen LogP contribution in [0.15, 0.2) is 36.4 Å². The highest BCUT2D eigenvalue weighted by molar-refractivity contribution is 5.30. The largest absolute Gasteiger partial charge is 0.493 e. The number of hydrogen-bond acceptors (Lipinski definition) is 2. The number of hydrogen-bond donors (Lipinski definition) is 0. The van der Waals surface area contributed by atoms with E-state index in [0.717, 1.165) is 30.4 Å². The highest BCUT2D eigenvalue weighted by atomic mass is 19.1. The van der Waals surface area contributed by atoms with Crippen LogP contribution in [0.1, 0.15) is 37.8 Å². The first-order valence-electron chi connectivity index (χ1n) is 8.78. The molecule has 2 nitrogen and oxygen atoms in total. The Bertz CT molecular complexity index is 665. The standard InChI is InChI=1S/C21H26F2O2/c1-4-17-10-19(23)13-21(11-17)25-14-15(2)6-5-7-24-20-9-16(3)8-18(22)12-20/h8-13,15H,4-7,14H2,1-3H3. The third-order valence-electron chi connectivity index (χ3n) is 4.00. The third-order valence-corrected chi connectivity index (χ3v) is 4.00. The second-order valence-corrected chi connectivity index (χ2v) is 6.52. The molecule has 1 unspecified atom stereocenters. The Hall–Kier alpha value is -2.10. The fourth-order valence-electron chi connectivity index (χ4n) is 2.64. The summed E-state index contributed by atoms with van der Waals surface area (Å²) in [6.45, 7) is 6.98. The number of halogens is 2. The maximum Gasteiger partial charge on any atom is 0.127 e. The van der Waals surface area contributed by atoms with Crippen molar-refractivity contribution in [2.45, 2.75) is 40.0 Å². The normalized spacial score (nSPS) is 12.0. The van der Waals surface area contributed by atoms with Gasteiger partial charge in [-0.3, -0.25) is 0 Å². The predicted molar refractivity (Wildman–Crippen MR) is 96.3 cm³/mol. The SMILES string of the molecule is CCc1cc(F)cc(OCC(C)CCCOc2cc(C)cc(F)c2)c1. The Morgan fingerprint density at radius 2 is 1.60 bits per heavy atom. The molecule has 0 saturated carbocycles. The fourth-order valence-corrected chi connectivity index (χ4v) is 2.64. The van der Waals surface area contributed by atoms with Gasteiger partial charge in [-0.15, -0.1) is 0 Å². The summed E-state index contributed by atoms with van der Waals surface area (Å²) in [5.74, 6) is 0.925. The van der Waals surface area contributed by atoms with E-state index in [0.29, 0.717) is 30.6 Å². The average Bonchev–Trinajstić information content (AvgIpc) is 2.55. The first-order chi connectivity index (χ1) is 12.0. The molecular weight excluding hydrogens is 322 g/mol. The zero-order chi connectivity index (χ0) is 18.2. The summed E-state index contributed by atoms with van der Waals surface area (Å²) in [5.41, 5.74) is 1.78. The van der Waals surface area contributed by atoms with Crippen LogP contribution in [0.2, 0.25) is 0 Å². The number of benzene rings is 2. The van der Waals surface area contributed by atoms with Crippen molar-refractivity contribution in [3.05, 3.63) is 59.2 Å². The molecule has 25 heavy (non-hydrogen) atoms. The fraction of sp³-hybridized carbons (Fsp3) is 0.429. The van der Waals surface area contributed by atoms with E-state index in [-0.39, 0.29) is 11.6 Å². The Kier molecular flexibility index (Phi) is 7.23. The lowest BCUT2D eigenvalue weighted by Gasteiger charge is -2.14. The van der Waals surface area contributed by atoms with Gasteiger partial charge < -0.3 is 9.47 Å². The van der Waals surface area contributed by atoms with Crippen LogP contribution in [-0.2, 0) is 6.42 Å². The summed E-state index contributed by atoms with van der Waals surface area (Å²) >= 11 is 0. The van der Waals surface area contributed by atoms with E-state index in [2.05, 4.69) is 6.92 Å². The van der Waals surface area contributed by atoms with Crippen molar-refractivity contribution < 1.29 is 18.3 Å². The van der Waals surface area contributed by atoms with Gasteiger partial charge in [-0.05, 0) is 67.5 Å². The van der Waals surface area contributed by atoms with Crippen LogP contribution in [0.3, 0.4) is 0 Å². The van der Waals surface area contributed by atoms with Crippen molar-refractivity contribution in [3.8, 4) is 11.5 Å². The van der Waals surface area contributed by atoms with Gasteiger partial charge >= 0.3 is 0 Å². The topological polar surface area (TPSA) is 18.5 Å². The van der Waals surface area contributed by atoms with Crippen molar-refractivity contribution in [1.82, 2.24) is 0 Å². The van der Waals surface area contributed by atoms with E-state index in [4.69, 9.17) is 9.47 Å². The van der Waals surface area contributed by atoms with Crippen LogP contribution in [0.25, 0.3) is 0 Å². The van der Waals surface area contributed by atoms with E-state index in [1.807, 2.05) is 26.0 Å². The molecular formula is C21H26F2O2. The molecule has 0 radical (unpaired) electrons. The van der Waals surface area contributed by atoms with Crippen LogP contribution >= 0.6 is 0 Å². The summed E-state index contributed by atoms with van der Waals surface area (Å²) in [4.78, 5) is 0. The zero-order valence-electron chi connectivity index (χ0n) is 15.1. The Labute approximate surface area is 148 Å². The van der Waals surface area contributed by atoms with Crippen LogP contribution in [0.5, 0.6) is 11.5 Å². The van der Waals surface area contributed by atoms with E-state index in [1.54, 1.807) is 0 Å². The lowest BCUT2D eigenvalue weighted by atomic mass is 10.1. The maximum atomic E-state index is 13.5. The molecule has 2 rings (SSSR count). The van der Waals surface area contributed by atoms with E-state index in [1.165, 1.54) is 24.3 Å². The Morgan fingerprint density at radius 3 is 2.28 bits per heavy atom. The minimum Gasteiger partial charge on any atom is -0.493 e. The van der Waals surface area contributed by atoms with Gasteiger partial charge in [0.2, 0.25) is 0 Å². The van der Waals surface area contributed by atoms with Crippen LogP contribution in [0, 0.1) is 24.5 Å². The Morgan fingerprint density at radius 1 is 0.920 bits per heavy atom. The van der Waals surface area contributed by atoms with Gasteiger partial charge in [0, 0.05) is 12.1 Å². The van der Waals surface area contributed by atoms with Gasteiger partial charge in [0.15, 0.2) is 0 Å². The molecule has 0 aliphatic carbocycles. The molecule has 4 heteroatoms. The minimum atomic E-state index is -0.279. The van der Waals surface area contributed by atoms with Crippen molar-refractivity contribution in [1.29, 1.82) is 0 Å². The summed E-state index contributed by atoms with van der Waals surface area (Å²) in [6.07, 6.45) is 2.55. The summed E-state index contributed by atoms with van der Waals surface area (Å²) < 4.78 is 38.1. The molecule has 0 N–H and O–H groups in total. The van der Waals surface area contributed by atoms with Gasteiger partial charge in [-0.25, -0.2) is 8.78 Å². The molecule has 0 fully saturated rings. The van der Waals surface area contributed by atoms with Gasteiger partial charge in [0.25, 0.3) is 0 Å². The van der Waals surface area contributed by atoms with Crippen molar-refractivity contribution in [3.63, 3.8) is 0 Å². The molecule has 0 saturated heterocycles. The van der Waals surface area contributed by atoms with Crippen LogP contribution in [-0.4, -0.2) is 13.2 Å². The average molecular weight is 348 g/mol. The molecule has 1 atom stereocenters. The minimum absolute atomic E-state index is 0.263. The number of ether oxygens (including phenoxy) is 2. The second kappa shape index (κ2) is 9.40. The maximum absolute atomic E-state index is 13.5. The number of aryl methyl sites for hydroxylation is 2. The third kappa shape index (κ3) is 6.73. The van der Waals surface area contributed by atoms with Crippen molar-refractivity contribution in [2.24, 2.45) is 5.92 Å². The molecule has 0 amide bonds. The number of rotatable bonds is 9. The second-order valence-electron chi connectivity index (χ2n) is 6.52. The summed E-state index contributed by atoms with van der Waals surface area (Å²) in [6, 6.07) is 9.52. The van der Waals surface area contributed by atoms with Gasteiger partial charge in [0.05, 0.1) is 13.2 Å². The molecule has 0 aliphatic rings. The smallest absolute Gasteiger partial charge is 0.127 e. The first-order valence-corrected chi connectivity index (χ1v) is 8.78. The predicted octanol–water partition coefficient (Wildman–Crippen LogP) is 5.71. The van der Waals surface area contributed by atoms with Crippen molar-refractivity contribution >= 4 is 0 Å². The lowest BCUT2D eigenvalue weighted by Crippen LogP contribution is -2.10. The van der Waals surface area contributed by atoms with Gasteiger partial charge in [-0.1, -0.05) is 13.8 Å². The highest BCUT2D eigenvalue weighted by Crippen LogP contribution is 2.19. The molecule has 136 valence electrons. The quantitative estimate of drug-likeness (QED) is 0.540. The van der Waals surface area contributed by atoms with Crippen LogP contribution in [0.4, 0.5) is 8.78 Å². The van der Waals surface area contributed by atoms with E-state index >= 15 is 0 Å². The Balaban J connectivity index is 1.70. The molecule has 0 aliphatic heterocycles. The van der Waals surface area contributed by atoms with Gasteiger partial charge in [0.1, 0.15) is 23.1 Å². The molecule has 2 aromatic carbocycles. The zero-order valence-corrected chi connectivity index (χ0v) is 15.1. The van der Waals surface area contributed by atoms with Crippen LogP contribution < -0.4 is 9.47 Å². The monoisotopic (exact) mass is 348 g/mol. The van der Waals surface area contributed by atoms with E-state index in [9.17, 15) is 8.78 Å². The molecule has 0 spiro atoms. The first kappa shape index (κ1) is 19.2. The molecule has 0 bridgehead atoms. The van der Waals surface area contributed by atoms with E-state index < -0.39 is 0 Å².